The molecule has 1 rings (SSSR count). The highest BCUT2D eigenvalue weighted by Crippen LogP contribution is 2.28. The van der Waals surface area contributed by atoms with Crippen LogP contribution in [-0.4, -0.2) is 10.8 Å². The van der Waals surface area contributed by atoms with E-state index in [1.54, 1.807) is 6.07 Å². The fourth-order valence-corrected chi connectivity index (χ4v) is 2.13. The van der Waals surface area contributed by atoms with Gasteiger partial charge < -0.3 is 5.32 Å². The van der Waals surface area contributed by atoms with Gasteiger partial charge in [-0.25, -0.2) is 0 Å². The Kier molecular flexibility index (Phi) is 6.45. The monoisotopic (exact) mass is 298 g/mol. The predicted molar refractivity (Wildman–Crippen MR) is 80.0 cm³/mol. The normalized spacial score (nSPS) is 11.9. The van der Waals surface area contributed by atoms with E-state index in [1.807, 2.05) is 6.92 Å². The van der Waals surface area contributed by atoms with E-state index in [0.717, 1.165) is 25.7 Å². The number of hydrogen-bond donors (Lipinski definition) is 1. The van der Waals surface area contributed by atoms with Crippen molar-refractivity contribution in [2.75, 3.05) is 5.32 Å². The Morgan fingerprint density at radius 2 is 2.15 bits per heavy atom. The van der Waals surface area contributed by atoms with Crippen molar-refractivity contribution in [3.8, 4) is 0 Å². The molecule has 0 heterocycles. The van der Waals surface area contributed by atoms with E-state index >= 15 is 0 Å². The van der Waals surface area contributed by atoms with Gasteiger partial charge in [0.15, 0.2) is 0 Å². The number of halogens is 1. The van der Waals surface area contributed by atoms with Gasteiger partial charge in [0.25, 0.3) is 5.69 Å². The van der Waals surface area contributed by atoms with E-state index in [-0.39, 0.29) is 22.5 Å². The van der Waals surface area contributed by atoms with Crippen molar-refractivity contribution in [2.24, 2.45) is 5.92 Å². The van der Waals surface area contributed by atoms with E-state index in [0.29, 0.717) is 5.69 Å². The van der Waals surface area contributed by atoms with E-state index in [2.05, 4.69) is 12.2 Å². The third-order valence-corrected chi connectivity index (χ3v) is 3.50. The van der Waals surface area contributed by atoms with Crippen molar-refractivity contribution >= 4 is 28.9 Å². The Labute approximate surface area is 123 Å². The van der Waals surface area contributed by atoms with Gasteiger partial charge in [0.05, 0.1) is 4.92 Å². The maximum absolute atomic E-state index is 12.1. The van der Waals surface area contributed by atoms with Crippen molar-refractivity contribution in [1.29, 1.82) is 0 Å². The zero-order valence-electron chi connectivity index (χ0n) is 11.7. The maximum atomic E-state index is 12.1. The number of benzene rings is 1. The smallest absolute Gasteiger partial charge is 0.289 e. The largest absolute Gasteiger partial charge is 0.326 e. The fraction of sp³-hybridized carbons (Fsp3) is 0.500. The molecule has 0 aromatic heterocycles. The van der Waals surface area contributed by atoms with Crippen LogP contribution < -0.4 is 5.32 Å². The van der Waals surface area contributed by atoms with Crippen LogP contribution >= 0.6 is 11.6 Å². The molecular weight excluding hydrogens is 280 g/mol. The summed E-state index contributed by atoms with van der Waals surface area (Å²) in [6.45, 7) is 4.04. The summed E-state index contributed by atoms with van der Waals surface area (Å²) in [5, 5.41) is 13.6. The first-order chi connectivity index (χ1) is 9.49. The van der Waals surface area contributed by atoms with Gasteiger partial charge in [-0.2, -0.15) is 0 Å². The van der Waals surface area contributed by atoms with Gasteiger partial charge in [-0.3, -0.25) is 14.9 Å². The number of carbonyl (C=O) groups is 1. The molecule has 6 heteroatoms. The number of nitro groups is 1. The van der Waals surface area contributed by atoms with Crippen molar-refractivity contribution < 1.29 is 9.72 Å². The first-order valence-corrected chi connectivity index (χ1v) is 7.12. The summed E-state index contributed by atoms with van der Waals surface area (Å²) in [4.78, 5) is 22.3. The minimum absolute atomic E-state index is 0.0611. The molecule has 0 fully saturated rings. The first kappa shape index (κ1) is 16.4. The molecular formula is C14H19ClN2O3. The average molecular weight is 299 g/mol. The zero-order chi connectivity index (χ0) is 15.1. The van der Waals surface area contributed by atoms with Crippen molar-refractivity contribution in [3.63, 3.8) is 0 Å². The van der Waals surface area contributed by atoms with E-state index < -0.39 is 4.92 Å². The quantitative estimate of drug-likeness (QED) is 0.599. The van der Waals surface area contributed by atoms with Gasteiger partial charge in [-0.1, -0.05) is 38.3 Å². The molecule has 1 atom stereocenters. The standard InChI is InChI=1S/C14H19ClN2O3/c1-3-5-6-10(4-2)14(18)16-11-7-8-12(15)13(9-11)17(19)20/h7-10H,3-6H2,1-2H3,(H,16,18)/t10-/m0/s1. The van der Waals surface area contributed by atoms with Crippen molar-refractivity contribution in [3.05, 3.63) is 33.3 Å². The van der Waals surface area contributed by atoms with E-state index in [9.17, 15) is 14.9 Å². The summed E-state index contributed by atoms with van der Waals surface area (Å²) in [6.07, 6.45) is 3.61. The molecule has 0 aliphatic heterocycles. The van der Waals surface area contributed by atoms with Gasteiger partial charge in [0.1, 0.15) is 5.02 Å². The lowest BCUT2D eigenvalue weighted by molar-refractivity contribution is -0.384. The molecule has 0 saturated carbocycles. The molecule has 1 aromatic carbocycles. The summed E-state index contributed by atoms with van der Waals surface area (Å²) in [5.74, 6) is -0.165. The van der Waals surface area contributed by atoms with Crippen LogP contribution in [0.25, 0.3) is 0 Å². The Morgan fingerprint density at radius 1 is 1.45 bits per heavy atom. The summed E-state index contributed by atoms with van der Waals surface area (Å²) in [5.41, 5.74) is 0.201. The summed E-state index contributed by atoms with van der Waals surface area (Å²) < 4.78 is 0. The topological polar surface area (TPSA) is 72.2 Å². The molecule has 0 unspecified atom stereocenters. The van der Waals surface area contributed by atoms with Crippen LogP contribution in [0.3, 0.4) is 0 Å². The Hall–Kier alpha value is -1.62. The van der Waals surface area contributed by atoms with Crippen LogP contribution in [0, 0.1) is 16.0 Å². The molecule has 0 bridgehead atoms. The van der Waals surface area contributed by atoms with Crippen LogP contribution in [0.2, 0.25) is 5.02 Å². The molecule has 1 N–H and O–H groups in total. The Balaban J connectivity index is 2.79. The number of carbonyl (C=O) groups excluding carboxylic acids is 1. The summed E-state index contributed by atoms with van der Waals surface area (Å²) in [6, 6.07) is 4.27. The van der Waals surface area contributed by atoms with Crippen LogP contribution in [0.4, 0.5) is 11.4 Å². The lowest BCUT2D eigenvalue weighted by atomic mass is 9.98. The van der Waals surface area contributed by atoms with Gasteiger partial charge >= 0.3 is 0 Å². The fourth-order valence-electron chi connectivity index (χ4n) is 1.95. The van der Waals surface area contributed by atoms with Crippen molar-refractivity contribution in [1.82, 2.24) is 0 Å². The molecule has 0 saturated heterocycles. The number of nitrogens with zero attached hydrogens (tertiary/aromatic N) is 1. The highest BCUT2D eigenvalue weighted by atomic mass is 35.5. The second-order valence-corrected chi connectivity index (χ2v) is 5.07. The number of unbranched alkanes of at least 4 members (excludes halogenated alkanes) is 1. The number of nitrogens with one attached hydrogen (secondary N) is 1. The molecule has 5 nitrogen and oxygen atoms in total. The Morgan fingerprint density at radius 3 is 2.70 bits per heavy atom. The van der Waals surface area contributed by atoms with Crippen LogP contribution in [0.1, 0.15) is 39.5 Å². The zero-order valence-corrected chi connectivity index (χ0v) is 12.4. The number of nitro benzene ring substituents is 1. The number of hydrogen-bond acceptors (Lipinski definition) is 3. The highest BCUT2D eigenvalue weighted by molar-refractivity contribution is 6.32. The minimum Gasteiger partial charge on any atom is -0.326 e. The molecule has 0 spiro atoms. The molecule has 0 aliphatic rings. The molecule has 1 aromatic rings. The van der Waals surface area contributed by atoms with Crippen LogP contribution in [0.5, 0.6) is 0 Å². The first-order valence-electron chi connectivity index (χ1n) is 6.74. The minimum atomic E-state index is -0.563. The number of rotatable bonds is 7. The predicted octanol–water partition coefficient (Wildman–Crippen LogP) is 4.40. The molecule has 0 radical (unpaired) electrons. The summed E-state index contributed by atoms with van der Waals surface area (Å²) in [7, 11) is 0. The van der Waals surface area contributed by atoms with Crippen molar-refractivity contribution in [2.45, 2.75) is 39.5 Å². The SMILES string of the molecule is CCCC[C@H](CC)C(=O)Nc1ccc(Cl)c([N+](=O)[O-])c1. The molecule has 110 valence electrons. The van der Waals surface area contributed by atoms with E-state index in [4.69, 9.17) is 11.6 Å². The third-order valence-electron chi connectivity index (χ3n) is 3.18. The lowest BCUT2D eigenvalue weighted by Crippen LogP contribution is -2.22. The Bertz CT molecular complexity index is 491. The van der Waals surface area contributed by atoms with Gasteiger partial charge in [0, 0.05) is 17.7 Å². The van der Waals surface area contributed by atoms with Crippen LogP contribution in [-0.2, 0) is 4.79 Å². The van der Waals surface area contributed by atoms with Gasteiger partial charge in [0.2, 0.25) is 5.91 Å². The lowest BCUT2D eigenvalue weighted by Gasteiger charge is -2.14. The highest BCUT2D eigenvalue weighted by Gasteiger charge is 2.18. The second-order valence-electron chi connectivity index (χ2n) is 4.66. The second kappa shape index (κ2) is 7.85. The molecule has 20 heavy (non-hydrogen) atoms. The summed E-state index contributed by atoms with van der Waals surface area (Å²) >= 11 is 5.73. The van der Waals surface area contributed by atoms with E-state index in [1.165, 1.54) is 12.1 Å². The number of anilines is 1. The van der Waals surface area contributed by atoms with Gasteiger partial charge in [-0.05, 0) is 25.0 Å². The maximum Gasteiger partial charge on any atom is 0.289 e. The van der Waals surface area contributed by atoms with Gasteiger partial charge in [-0.15, -0.1) is 0 Å². The molecule has 1 amide bonds. The number of amides is 1. The average Bonchev–Trinajstić information content (AvgIpc) is 2.41. The third kappa shape index (κ3) is 4.49. The molecule has 0 aliphatic carbocycles. The van der Waals surface area contributed by atoms with Crippen LogP contribution in [0.15, 0.2) is 18.2 Å².